The van der Waals surface area contributed by atoms with Crippen LogP contribution in [0.4, 0.5) is 0 Å². The Hall–Kier alpha value is -1.67. The van der Waals surface area contributed by atoms with Crippen LogP contribution in [0.3, 0.4) is 0 Å². The van der Waals surface area contributed by atoms with Gasteiger partial charge in [-0.25, -0.2) is 9.97 Å². The van der Waals surface area contributed by atoms with Crippen LogP contribution in [-0.4, -0.2) is 27.5 Å². The van der Waals surface area contributed by atoms with E-state index in [2.05, 4.69) is 31.6 Å². The maximum absolute atomic E-state index is 12.1. The van der Waals surface area contributed by atoms with Crippen molar-refractivity contribution >= 4 is 45.1 Å². The predicted molar refractivity (Wildman–Crippen MR) is 110 cm³/mol. The number of carbonyl (C=O) groups excluding carboxylic acids is 2. The number of hydrazine groups is 1. The minimum Gasteiger partial charge on any atom is -0.273 e. The SMILES string of the molecule is CCC(=O)NNC(=O)CSc1nc(C(C)C)nc2sc3c(c12)CC[C@@H](C)C3. The Labute approximate surface area is 167 Å². The largest absolute Gasteiger partial charge is 0.273 e. The molecule has 0 radical (unpaired) electrons. The number of nitrogens with zero attached hydrogens (tertiary/aromatic N) is 2. The van der Waals surface area contributed by atoms with E-state index in [1.807, 2.05) is 0 Å². The van der Waals surface area contributed by atoms with Gasteiger partial charge in [0.15, 0.2) is 0 Å². The van der Waals surface area contributed by atoms with Crippen LogP contribution in [0.15, 0.2) is 5.03 Å². The third kappa shape index (κ3) is 4.60. The summed E-state index contributed by atoms with van der Waals surface area (Å²) in [5, 5.41) is 2.01. The number of carbonyl (C=O) groups is 2. The second kappa shape index (κ2) is 8.56. The molecule has 0 aliphatic heterocycles. The van der Waals surface area contributed by atoms with Crippen molar-refractivity contribution in [3.8, 4) is 0 Å². The molecule has 146 valence electrons. The number of nitrogens with one attached hydrogen (secondary N) is 2. The molecule has 1 atom stereocenters. The number of aryl methyl sites for hydroxylation is 1. The molecule has 8 heteroatoms. The van der Waals surface area contributed by atoms with Gasteiger partial charge in [0.05, 0.1) is 5.75 Å². The zero-order chi connectivity index (χ0) is 19.6. The Bertz CT molecular complexity index is 863. The predicted octanol–water partition coefficient (Wildman–Crippen LogP) is 3.59. The van der Waals surface area contributed by atoms with Gasteiger partial charge in [0.1, 0.15) is 15.7 Å². The summed E-state index contributed by atoms with van der Waals surface area (Å²) in [5.74, 6) is 1.50. The lowest BCUT2D eigenvalue weighted by molar-refractivity contribution is -0.127. The number of rotatable bonds is 5. The van der Waals surface area contributed by atoms with E-state index in [1.165, 1.54) is 28.6 Å². The summed E-state index contributed by atoms with van der Waals surface area (Å²) in [7, 11) is 0. The Morgan fingerprint density at radius 2 is 2.00 bits per heavy atom. The van der Waals surface area contributed by atoms with Crippen LogP contribution >= 0.6 is 23.1 Å². The van der Waals surface area contributed by atoms with E-state index in [4.69, 9.17) is 9.97 Å². The van der Waals surface area contributed by atoms with Gasteiger partial charge in [-0.15, -0.1) is 11.3 Å². The van der Waals surface area contributed by atoms with Crippen LogP contribution in [-0.2, 0) is 22.4 Å². The van der Waals surface area contributed by atoms with Crippen molar-refractivity contribution in [1.82, 2.24) is 20.8 Å². The fraction of sp³-hybridized carbons (Fsp3) is 0.579. The average Bonchev–Trinajstić information content (AvgIpc) is 3.01. The van der Waals surface area contributed by atoms with Crippen molar-refractivity contribution in [2.45, 2.75) is 64.3 Å². The number of amides is 2. The molecule has 2 heterocycles. The first-order chi connectivity index (χ1) is 12.9. The average molecular weight is 407 g/mol. The Morgan fingerprint density at radius 3 is 2.70 bits per heavy atom. The van der Waals surface area contributed by atoms with Gasteiger partial charge in [-0.2, -0.15) is 0 Å². The van der Waals surface area contributed by atoms with Gasteiger partial charge in [-0.05, 0) is 30.7 Å². The van der Waals surface area contributed by atoms with Gasteiger partial charge < -0.3 is 0 Å². The lowest BCUT2D eigenvalue weighted by atomic mass is 9.89. The van der Waals surface area contributed by atoms with Crippen molar-refractivity contribution in [2.75, 3.05) is 5.75 Å². The fourth-order valence-electron chi connectivity index (χ4n) is 3.09. The topological polar surface area (TPSA) is 84.0 Å². The molecule has 27 heavy (non-hydrogen) atoms. The molecule has 0 unspecified atom stereocenters. The number of fused-ring (bicyclic) bond motifs is 3. The van der Waals surface area contributed by atoms with Crippen LogP contribution in [0.1, 0.15) is 62.7 Å². The fourth-order valence-corrected chi connectivity index (χ4v) is 5.40. The molecule has 0 bridgehead atoms. The molecular weight excluding hydrogens is 380 g/mol. The molecule has 0 saturated carbocycles. The summed E-state index contributed by atoms with van der Waals surface area (Å²) in [5.41, 5.74) is 6.22. The van der Waals surface area contributed by atoms with Gasteiger partial charge in [0, 0.05) is 22.6 Å². The summed E-state index contributed by atoms with van der Waals surface area (Å²) in [4.78, 5) is 35.4. The highest BCUT2D eigenvalue weighted by Gasteiger charge is 2.24. The highest BCUT2D eigenvalue weighted by molar-refractivity contribution is 8.00. The van der Waals surface area contributed by atoms with E-state index >= 15 is 0 Å². The van der Waals surface area contributed by atoms with Gasteiger partial charge in [-0.3, -0.25) is 20.4 Å². The zero-order valence-corrected chi connectivity index (χ0v) is 17.9. The van der Waals surface area contributed by atoms with Crippen LogP contribution < -0.4 is 10.9 Å². The van der Waals surface area contributed by atoms with E-state index in [0.29, 0.717) is 12.3 Å². The molecule has 1 aliphatic carbocycles. The van der Waals surface area contributed by atoms with Gasteiger partial charge in [-0.1, -0.05) is 39.5 Å². The van der Waals surface area contributed by atoms with E-state index in [1.54, 1.807) is 18.3 Å². The molecule has 0 spiro atoms. The second-order valence-electron chi connectivity index (χ2n) is 7.31. The van der Waals surface area contributed by atoms with Crippen molar-refractivity contribution < 1.29 is 9.59 Å². The molecule has 1 aliphatic rings. The van der Waals surface area contributed by atoms with Crippen LogP contribution in [0.5, 0.6) is 0 Å². The first-order valence-electron chi connectivity index (χ1n) is 9.41. The monoisotopic (exact) mass is 406 g/mol. The Kier molecular flexibility index (Phi) is 6.37. The van der Waals surface area contributed by atoms with Crippen molar-refractivity contribution in [3.63, 3.8) is 0 Å². The van der Waals surface area contributed by atoms with E-state index in [-0.39, 0.29) is 23.5 Å². The molecular formula is C19H26N4O2S2. The number of thiophene rings is 1. The quantitative estimate of drug-likeness (QED) is 0.450. The first-order valence-corrected chi connectivity index (χ1v) is 11.2. The number of aromatic nitrogens is 2. The summed E-state index contributed by atoms with van der Waals surface area (Å²) in [6.07, 6.45) is 3.66. The lowest BCUT2D eigenvalue weighted by Crippen LogP contribution is -2.42. The third-order valence-corrected chi connectivity index (χ3v) is 6.78. The highest BCUT2D eigenvalue weighted by atomic mass is 32.2. The van der Waals surface area contributed by atoms with Gasteiger partial charge in [0.25, 0.3) is 0 Å². The number of hydrogen-bond donors (Lipinski definition) is 2. The summed E-state index contributed by atoms with van der Waals surface area (Å²) >= 11 is 3.20. The van der Waals surface area contributed by atoms with E-state index < -0.39 is 0 Å². The maximum atomic E-state index is 12.1. The number of hydrogen-bond acceptors (Lipinski definition) is 6. The van der Waals surface area contributed by atoms with Gasteiger partial charge in [0.2, 0.25) is 11.8 Å². The molecule has 0 aromatic carbocycles. The minimum absolute atomic E-state index is 0.203. The highest BCUT2D eigenvalue weighted by Crippen LogP contribution is 2.41. The van der Waals surface area contributed by atoms with Crippen molar-refractivity contribution in [3.05, 3.63) is 16.3 Å². The maximum Gasteiger partial charge on any atom is 0.248 e. The van der Waals surface area contributed by atoms with Crippen molar-refractivity contribution in [1.29, 1.82) is 0 Å². The Balaban J connectivity index is 1.86. The third-order valence-electron chi connectivity index (χ3n) is 4.66. The molecule has 6 nitrogen and oxygen atoms in total. The van der Waals surface area contributed by atoms with E-state index in [0.717, 1.165) is 33.9 Å². The van der Waals surface area contributed by atoms with Crippen LogP contribution in [0.2, 0.25) is 0 Å². The second-order valence-corrected chi connectivity index (χ2v) is 9.36. The standard InChI is InChI=1S/C19H26N4O2S2/c1-5-14(24)22-23-15(25)9-26-18-16-12-7-6-11(4)8-13(12)27-19(16)21-17(20-18)10(2)3/h10-11H,5-9H2,1-4H3,(H,22,24)(H,23,25)/t11-/m1/s1. The minimum atomic E-state index is -0.239. The number of thioether (sulfide) groups is 1. The van der Waals surface area contributed by atoms with Crippen LogP contribution in [0.25, 0.3) is 10.2 Å². The van der Waals surface area contributed by atoms with E-state index in [9.17, 15) is 9.59 Å². The van der Waals surface area contributed by atoms with Crippen molar-refractivity contribution in [2.24, 2.45) is 5.92 Å². The molecule has 2 aromatic heterocycles. The summed E-state index contributed by atoms with van der Waals surface area (Å²) in [6.45, 7) is 8.20. The van der Waals surface area contributed by atoms with Gasteiger partial charge >= 0.3 is 0 Å². The normalized spacial score (nSPS) is 16.4. The molecule has 0 fully saturated rings. The molecule has 0 saturated heterocycles. The summed E-state index contributed by atoms with van der Waals surface area (Å²) in [6, 6.07) is 0. The molecule has 2 amide bonds. The Morgan fingerprint density at radius 1 is 1.26 bits per heavy atom. The molecule has 2 N–H and O–H groups in total. The molecule has 3 rings (SSSR count). The molecule has 2 aromatic rings. The zero-order valence-electron chi connectivity index (χ0n) is 16.2. The first kappa shape index (κ1) is 20.1. The van der Waals surface area contributed by atoms with Crippen LogP contribution in [0, 0.1) is 5.92 Å². The summed E-state index contributed by atoms with van der Waals surface area (Å²) < 4.78 is 0. The lowest BCUT2D eigenvalue weighted by Gasteiger charge is -2.18. The smallest absolute Gasteiger partial charge is 0.248 e.